The van der Waals surface area contributed by atoms with Crippen molar-refractivity contribution in [3.05, 3.63) is 12.2 Å². The minimum absolute atomic E-state index is 0.107. The zero-order valence-corrected chi connectivity index (χ0v) is 12.1. The van der Waals surface area contributed by atoms with Crippen LogP contribution in [0.25, 0.3) is 0 Å². The molecular formula is C14H23NO4. The molecule has 1 aliphatic rings. The van der Waals surface area contributed by atoms with Crippen LogP contribution in [0.2, 0.25) is 0 Å². The van der Waals surface area contributed by atoms with Crippen molar-refractivity contribution in [3.63, 3.8) is 0 Å². The topological polar surface area (TPSA) is 55.8 Å². The first-order valence-electron chi connectivity index (χ1n) is 6.57. The number of hydrogen-bond acceptors (Lipinski definition) is 4. The van der Waals surface area contributed by atoms with Crippen LogP contribution >= 0.6 is 0 Å². The Kier molecular flexibility index (Phi) is 5.39. The summed E-state index contributed by atoms with van der Waals surface area (Å²) in [5.41, 5.74) is -0.480. The molecular weight excluding hydrogens is 246 g/mol. The van der Waals surface area contributed by atoms with E-state index in [9.17, 15) is 9.59 Å². The third-order valence-electron chi connectivity index (χ3n) is 2.87. The summed E-state index contributed by atoms with van der Waals surface area (Å²) >= 11 is 0. The minimum atomic E-state index is -0.480. The smallest absolute Gasteiger partial charge is 0.410 e. The summed E-state index contributed by atoms with van der Waals surface area (Å²) in [4.78, 5) is 24.7. The van der Waals surface area contributed by atoms with Gasteiger partial charge in [-0.3, -0.25) is 0 Å². The molecule has 0 aliphatic carbocycles. The first kappa shape index (κ1) is 15.5. The maximum Gasteiger partial charge on any atom is 0.410 e. The number of hydrogen-bond donors (Lipinski definition) is 0. The maximum absolute atomic E-state index is 12.0. The van der Waals surface area contributed by atoms with Gasteiger partial charge in [0.1, 0.15) is 5.60 Å². The van der Waals surface area contributed by atoms with Crippen LogP contribution in [0.1, 0.15) is 40.0 Å². The Balaban J connectivity index is 2.52. The molecule has 5 nitrogen and oxygen atoms in total. The van der Waals surface area contributed by atoms with Gasteiger partial charge < -0.3 is 14.4 Å². The summed E-state index contributed by atoms with van der Waals surface area (Å²) in [5, 5.41) is 0. The highest BCUT2D eigenvalue weighted by molar-refractivity contribution is 5.81. The first-order chi connectivity index (χ1) is 8.83. The Morgan fingerprint density at radius 1 is 1.37 bits per heavy atom. The summed E-state index contributed by atoms with van der Waals surface area (Å²) in [6, 6.07) is 0.107. The van der Waals surface area contributed by atoms with Crippen LogP contribution in [0, 0.1) is 0 Å². The fraction of sp³-hybridized carbons (Fsp3) is 0.714. The number of carbonyl (C=O) groups excluding carboxylic acids is 2. The highest BCUT2D eigenvalue weighted by atomic mass is 16.6. The standard InChI is InChI=1S/C14H23NO4/c1-14(2,3)19-13(17)15-10-6-8-11(15)7-5-9-12(16)18-4/h5,9,11H,6-8,10H2,1-4H3/b9-5+/t11-/m1/s1. The summed E-state index contributed by atoms with van der Waals surface area (Å²) in [6.07, 6.45) is 5.42. The second-order valence-corrected chi connectivity index (χ2v) is 5.63. The fourth-order valence-corrected chi connectivity index (χ4v) is 2.03. The van der Waals surface area contributed by atoms with E-state index in [0.29, 0.717) is 13.0 Å². The van der Waals surface area contributed by atoms with Crippen molar-refractivity contribution < 1.29 is 19.1 Å². The lowest BCUT2D eigenvalue weighted by Crippen LogP contribution is -2.39. The molecule has 1 rings (SSSR count). The monoisotopic (exact) mass is 269 g/mol. The Morgan fingerprint density at radius 2 is 2.05 bits per heavy atom. The van der Waals surface area contributed by atoms with E-state index in [1.807, 2.05) is 20.8 Å². The van der Waals surface area contributed by atoms with E-state index in [1.54, 1.807) is 11.0 Å². The zero-order chi connectivity index (χ0) is 14.5. The van der Waals surface area contributed by atoms with E-state index in [-0.39, 0.29) is 18.1 Å². The number of rotatable bonds is 3. The van der Waals surface area contributed by atoms with Gasteiger partial charge in [-0.05, 0) is 40.0 Å². The normalized spacial score (nSPS) is 19.8. The third kappa shape index (κ3) is 5.32. The number of likely N-dealkylation sites (tertiary alicyclic amines) is 1. The Hall–Kier alpha value is -1.52. The van der Waals surface area contributed by atoms with Crippen molar-refractivity contribution in [1.82, 2.24) is 4.90 Å². The molecule has 19 heavy (non-hydrogen) atoms. The number of carbonyl (C=O) groups is 2. The van der Waals surface area contributed by atoms with Gasteiger partial charge >= 0.3 is 12.1 Å². The van der Waals surface area contributed by atoms with Gasteiger partial charge in [-0.15, -0.1) is 0 Å². The zero-order valence-electron chi connectivity index (χ0n) is 12.1. The van der Waals surface area contributed by atoms with E-state index < -0.39 is 5.60 Å². The molecule has 0 bridgehead atoms. The lowest BCUT2D eigenvalue weighted by Gasteiger charge is -2.28. The molecule has 0 aromatic heterocycles. The van der Waals surface area contributed by atoms with E-state index in [2.05, 4.69) is 4.74 Å². The van der Waals surface area contributed by atoms with Gasteiger partial charge in [-0.25, -0.2) is 9.59 Å². The molecule has 108 valence electrons. The fourth-order valence-electron chi connectivity index (χ4n) is 2.03. The Bertz CT molecular complexity index is 357. The third-order valence-corrected chi connectivity index (χ3v) is 2.87. The highest BCUT2D eigenvalue weighted by Gasteiger charge is 2.31. The molecule has 0 unspecified atom stereocenters. The maximum atomic E-state index is 12.0. The molecule has 0 N–H and O–H groups in total. The van der Waals surface area contributed by atoms with Crippen LogP contribution in [-0.2, 0) is 14.3 Å². The van der Waals surface area contributed by atoms with Crippen molar-refractivity contribution in [3.8, 4) is 0 Å². The van der Waals surface area contributed by atoms with Crippen LogP contribution in [0.5, 0.6) is 0 Å². The first-order valence-corrected chi connectivity index (χ1v) is 6.57. The van der Waals surface area contributed by atoms with Crippen LogP contribution in [0.3, 0.4) is 0 Å². The van der Waals surface area contributed by atoms with E-state index >= 15 is 0 Å². The molecule has 0 saturated carbocycles. The lowest BCUT2D eigenvalue weighted by atomic mass is 10.1. The SMILES string of the molecule is COC(=O)/C=C/C[C@@H]1CCCN1C(=O)OC(C)(C)C. The predicted molar refractivity (Wildman–Crippen MR) is 71.7 cm³/mol. The van der Waals surface area contributed by atoms with E-state index in [0.717, 1.165) is 12.8 Å². The molecule has 0 aromatic rings. The molecule has 0 spiro atoms. The van der Waals surface area contributed by atoms with Gasteiger partial charge in [0.05, 0.1) is 7.11 Å². The van der Waals surface area contributed by atoms with Crippen LogP contribution in [0.4, 0.5) is 4.79 Å². The summed E-state index contributed by atoms with van der Waals surface area (Å²) in [7, 11) is 1.34. The van der Waals surface area contributed by atoms with Crippen molar-refractivity contribution >= 4 is 12.1 Å². The minimum Gasteiger partial charge on any atom is -0.466 e. The van der Waals surface area contributed by atoms with Gasteiger partial charge in [0.25, 0.3) is 0 Å². The number of nitrogens with zero attached hydrogens (tertiary/aromatic N) is 1. The van der Waals surface area contributed by atoms with E-state index in [1.165, 1.54) is 13.2 Å². The van der Waals surface area contributed by atoms with Crippen LogP contribution < -0.4 is 0 Å². The second kappa shape index (κ2) is 6.59. The lowest BCUT2D eigenvalue weighted by molar-refractivity contribution is -0.134. The van der Waals surface area contributed by atoms with Gasteiger partial charge in [-0.1, -0.05) is 6.08 Å². The van der Waals surface area contributed by atoms with Crippen LogP contribution in [0.15, 0.2) is 12.2 Å². The average molecular weight is 269 g/mol. The molecule has 1 aliphatic heterocycles. The highest BCUT2D eigenvalue weighted by Crippen LogP contribution is 2.23. The molecule has 1 heterocycles. The van der Waals surface area contributed by atoms with Gasteiger partial charge in [0.2, 0.25) is 0 Å². The number of ether oxygens (including phenoxy) is 2. The van der Waals surface area contributed by atoms with Gasteiger partial charge in [0.15, 0.2) is 0 Å². The molecule has 0 radical (unpaired) electrons. The Morgan fingerprint density at radius 3 is 2.63 bits per heavy atom. The summed E-state index contributed by atoms with van der Waals surface area (Å²) in [6.45, 7) is 6.28. The molecule has 1 saturated heterocycles. The quantitative estimate of drug-likeness (QED) is 0.583. The Labute approximate surface area is 114 Å². The molecule has 0 aromatic carbocycles. The summed E-state index contributed by atoms with van der Waals surface area (Å²) < 4.78 is 9.90. The second-order valence-electron chi connectivity index (χ2n) is 5.63. The van der Waals surface area contributed by atoms with Crippen molar-refractivity contribution in [2.24, 2.45) is 0 Å². The summed E-state index contributed by atoms with van der Waals surface area (Å²) in [5.74, 6) is -0.373. The van der Waals surface area contributed by atoms with Crippen molar-refractivity contribution in [2.45, 2.75) is 51.7 Å². The van der Waals surface area contributed by atoms with Crippen molar-refractivity contribution in [2.75, 3.05) is 13.7 Å². The molecule has 1 fully saturated rings. The molecule has 5 heteroatoms. The molecule has 1 amide bonds. The molecule has 1 atom stereocenters. The number of amides is 1. The number of methoxy groups -OCH3 is 1. The number of esters is 1. The van der Waals surface area contributed by atoms with Crippen LogP contribution in [-0.4, -0.2) is 42.3 Å². The largest absolute Gasteiger partial charge is 0.466 e. The van der Waals surface area contributed by atoms with E-state index in [4.69, 9.17) is 4.74 Å². The average Bonchev–Trinajstić information content (AvgIpc) is 2.75. The van der Waals surface area contributed by atoms with Gasteiger partial charge in [-0.2, -0.15) is 0 Å². The van der Waals surface area contributed by atoms with Crippen molar-refractivity contribution in [1.29, 1.82) is 0 Å². The van der Waals surface area contributed by atoms with Gasteiger partial charge in [0, 0.05) is 18.7 Å². The predicted octanol–water partition coefficient (Wildman–Crippen LogP) is 2.51.